The van der Waals surface area contributed by atoms with E-state index in [4.69, 9.17) is 11.6 Å². The van der Waals surface area contributed by atoms with Crippen molar-refractivity contribution >= 4 is 39.2 Å². The van der Waals surface area contributed by atoms with E-state index < -0.39 is 0 Å². The Labute approximate surface area is 186 Å². The van der Waals surface area contributed by atoms with E-state index in [-0.39, 0.29) is 5.56 Å². The smallest absolute Gasteiger partial charge is 0.261 e. The number of H-pyrrole nitrogens is 1. The number of aryl methyl sites for hydroxylation is 2. The van der Waals surface area contributed by atoms with E-state index in [1.54, 1.807) is 33.9 Å². The highest BCUT2D eigenvalue weighted by molar-refractivity contribution is 6.31. The topological polar surface area (TPSA) is 93.8 Å². The highest BCUT2D eigenvalue weighted by Gasteiger charge is 2.13. The van der Waals surface area contributed by atoms with Gasteiger partial charge in [0.2, 0.25) is 0 Å². The molecule has 0 spiro atoms. The molecule has 0 saturated heterocycles. The third-order valence-corrected chi connectivity index (χ3v) is 5.81. The number of fused-ring (bicyclic) bond motifs is 4. The maximum Gasteiger partial charge on any atom is 0.261 e. The van der Waals surface area contributed by atoms with Gasteiger partial charge in [0, 0.05) is 59.0 Å². The lowest BCUT2D eigenvalue weighted by Gasteiger charge is -2.07. The molecule has 1 N–H and O–H groups in total. The Kier molecular flexibility index (Phi) is 4.26. The highest BCUT2D eigenvalue weighted by atomic mass is 35.5. The van der Waals surface area contributed by atoms with Gasteiger partial charge in [0.1, 0.15) is 0 Å². The molecule has 0 atom stereocenters. The average Bonchev–Trinajstić information content (AvgIpc) is 3.43. The molecule has 8 nitrogen and oxygen atoms in total. The monoisotopic (exact) mass is 441 g/mol. The van der Waals surface area contributed by atoms with Gasteiger partial charge < -0.3 is 9.55 Å². The van der Waals surface area contributed by atoms with Crippen LogP contribution >= 0.6 is 11.6 Å². The maximum atomic E-state index is 13.1. The molecule has 0 saturated carbocycles. The standard InChI is InChI=1S/C23H16ClN7O/c24-16-3-4-19-17(10-16)14(12-26-19)5-8-30-9-6-20-18(22(30)32)13-27-23-28-21(29-31(20)23)15-2-1-7-25-11-15/h1-4,6-7,9-13,26H,5,8H2. The van der Waals surface area contributed by atoms with Crippen LogP contribution in [0.5, 0.6) is 0 Å². The second kappa shape index (κ2) is 7.28. The molecule has 6 aromatic rings. The van der Waals surface area contributed by atoms with Gasteiger partial charge in [-0.3, -0.25) is 9.78 Å². The number of benzene rings is 1. The lowest BCUT2D eigenvalue weighted by atomic mass is 10.1. The molecule has 1 aromatic carbocycles. The summed E-state index contributed by atoms with van der Waals surface area (Å²) in [6.45, 7) is 0.532. The predicted molar refractivity (Wildman–Crippen MR) is 123 cm³/mol. The normalized spacial score (nSPS) is 11.7. The van der Waals surface area contributed by atoms with E-state index in [1.807, 2.05) is 42.6 Å². The lowest BCUT2D eigenvalue weighted by Crippen LogP contribution is -2.21. The van der Waals surface area contributed by atoms with Gasteiger partial charge in [-0.1, -0.05) is 11.6 Å². The summed E-state index contributed by atoms with van der Waals surface area (Å²) in [5.74, 6) is 0.949. The van der Waals surface area contributed by atoms with Crippen molar-refractivity contribution in [2.75, 3.05) is 0 Å². The van der Waals surface area contributed by atoms with E-state index in [1.165, 1.54) is 0 Å². The molecule has 0 aliphatic heterocycles. The summed E-state index contributed by atoms with van der Waals surface area (Å²) < 4.78 is 3.29. The van der Waals surface area contributed by atoms with E-state index in [9.17, 15) is 4.79 Å². The van der Waals surface area contributed by atoms with Crippen molar-refractivity contribution in [2.24, 2.45) is 0 Å². The molecule has 9 heteroatoms. The van der Waals surface area contributed by atoms with Crippen molar-refractivity contribution in [3.05, 3.63) is 88.3 Å². The molecule has 6 rings (SSSR count). The van der Waals surface area contributed by atoms with Crippen molar-refractivity contribution in [3.8, 4) is 11.4 Å². The molecular weight excluding hydrogens is 426 g/mol. The quantitative estimate of drug-likeness (QED) is 0.448. The zero-order valence-electron chi connectivity index (χ0n) is 16.7. The zero-order valence-corrected chi connectivity index (χ0v) is 17.5. The fourth-order valence-corrected chi connectivity index (χ4v) is 4.12. The zero-order chi connectivity index (χ0) is 21.7. The lowest BCUT2D eigenvalue weighted by molar-refractivity contribution is 0.676. The Balaban J connectivity index is 1.37. The molecule has 0 fully saturated rings. The van der Waals surface area contributed by atoms with Crippen molar-refractivity contribution in [3.63, 3.8) is 0 Å². The Morgan fingerprint density at radius 1 is 1.09 bits per heavy atom. The van der Waals surface area contributed by atoms with Crippen LogP contribution in [0.25, 0.3) is 39.0 Å². The van der Waals surface area contributed by atoms with E-state index in [0.717, 1.165) is 22.0 Å². The van der Waals surface area contributed by atoms with Crippen LogP contribution in [0.3, 0.4) is 0 Å². The van der Waals surface area contributed by atoms with E-state index >= 15 is 0 Å². The summed E-state index contributed by atoms with van der Waals surface area (Å²) in [4.78, 5) is 29.3. The Bertz CT molecular complexity index is 1670. The molecule has 0 bridgehead atoms. The average molecular weight is 442 g/mol. The van der Waals surface area contributed by atoms with Gasteiger partial charge in [-0.25, -0.2) is 4.98 Å². The van der Waals surface area contributed by atoms with Gasteiger partial charge in [0.05, 0.1) is 10.9 Å². The number of halogens is 1. The first-order valence-corrected chi connectivity index (χ1v) is 10.5. The summed E-state index contributed by atoms with van der Waals surface area (Å²) in [5, 5.41) is 6.80. The largest absolute Gasteiger partial charge is 0.361 e. The second-order valence-corrected chi connectivity index (χ2v) is 7.95. The predicted octanol–water partition coefficient (Wildman–Crippen LogP) is 3.88. The summed E-state index contributed by atoms with van der Waals surface area (Å²) in [6.07, 6.45) is 9.40. The summed E-state index contributed by atoms with van der Waals surface area (Å²) in [6, 6.07) is 11.3. The van der Waals surface area contributed by atoms with Gasteiger partial charge in [0.25, 0.3) is 11.3 Å². The van der Waals surface area contributed by atoms with Gasteiger partial charge >= 0.3 is 0 Å². The van der Waals surface area contributed by atoms with Crippen LogP contribution in [-0.2, 0) is 13.0 Å². The molecule has 32 heavy (non-hydrogen) atoms. The van der Waals surface area contributed by atoms with E-state index in [0.29, 0.717) is 40.5 Å². The van der Waals surface area contributed by atoms with Crippen molar-refractivity contribution < 1.29 is 0 Å². The van der Waals surface area contributed by atoms with Crippen LogP contribution < -0.4 is 5.56 Å². The van der Waals surface area contributed by atoms with Gasteiger partial charge in [0.15, 0.2) is 5.82 Å². The number of hydrogen-bond donors (Lipinski definition) is 1. The minimum absolute atomic E-state index is 0.117. The second-order valence-electron chi connectivity index (χ2n) is 7.51. The number of hydrogen-bond acceptors (Lipinski definition) is 5. The summed E-state index contributed by atoms with van der Waals surface area (Å²) in [5.41, 5.74) is 3.47. The Hall–Kier alpha value is -4.04. The molecule has 0 amide bonds. The third kappa shape index (κ3) is 3.04. The minimum Gasteiger partial charge on any atom is -0.361 e. The molecular formula is C23H16ClN7O. The van der Waals surface area contributed by atoms with Crippen LogP contribution in [0.4, 0.5) is 0 Å². The molecule has 0 aliphatic rings. The van der Waals surface area contributed by atoms with Crippen LogP contribution in [-0.4, -0.2) is 34.1 Å². The van der Waals surface area contributed by atoms with E-state index in [2.05, 4.69) is 25.0 Å². The number of rotatable bonds is 4. The first kappa shape index (κ1) is 18.7. The van der Waals surface area contributed by atoms with Gasteiger partial charge in [-0.05, 0) is 48.4 Å². The molecule has 0 radical (unpaired) electrons. The molecule has 0 unspecified atom stereocenters. The van der Waals surface area contributed by atoms with Gasteiger partial charge in [-0.15, -0.1) is 5.10 Å². The molecule has 156 valence electrons. The first-order valence-electron chi connectivity index (χ1n) is 10.1. The minimum atomic E-state index is -0.117. The Morgan fingerprint density at radius 2 is 2.03 bits per heavy atom. The third-order valence-electron chi connectivity index (χ3n) is 5.58. The van der Waals surface area contributed by atoms with Crippen LogP contribution in [0.1, 0.15) is 5.56 Å². The number of aromatic amines is 1. The summed E-state index contributed by atoms with van der Waals surface area (Å²) >= 11 is 6.15. The number of nitrogens with zero attached hydrogens (tertiary/aromatic N) is 6. The fraction of sp³-hybridized carbons (Fsp3) is 0.0870. The Morgan fingerprint density at radius 3 is 2.91 bits per heavy atom. The molecule has 5 aromatic heterocycles. The highest BCUT2D eigenvalue weighted by Crippen LogP contribution is 2.23. The summed E-state index contributed by atoms with van der Waals surface area (Å²) in [7, 11) is 0. The molecule has 0 aliphatic carbocycles. The van der Waals surface area contributed by atoms with Crippen molar-refractivity contribution in [2.45, 2.75) is 13.0 Å². The fourth-order valence-electron chi connectivity index (χ4n) is 3.95. The number of pyridine rings is 2. The SMILES string of the molecule is O=c1c2cnc3nc(-c4cccnc4)nn3c2ccn1CCc1c[nH]c2ccc(Cl)cc12. The van der Waals surface area contributed by atoms with Gasteiger partial charge in [-0.2, -0.15) is 9.50 Å². The maximum absolute atomic E-state index is 13.1. The number of aromatic nitrogens is 7. The van der Waals surface area contributed by atoms with Crippen LogP contribution in [0.2, 0.25) is 5.02 Å². The van der Waals surface area contributed by atoms with Crippen LogP contribution in [0.15, 0.2) is 72.2 Å². The van der Waals surface area contributed by atoms with Crippen molar-refractivity contribution in [1.82, 2.24) is 34.1 Å². The molecule has 5 heterocycles. The number of nitrogens with one attached hydrogen (secondary N) is 1. The first-order chi connectivity index (χ1) is 15.7. The van der Waals surface area contributed by atoms with Crippen molar-refractivity contribution in [1.29, 1.82) is 0 Å². The van der Waals surface area contributed by atoms with Crippen LogP contribution in [0, 0.1) is 0 Å².